The summed E-state index contributed by atoms with van der Waals surface area (Å²) in [5.74, 6) is -1.98. The molecular formula is C20H18FN3O4. The molecule has 144 valence electrons. The molecule has 1 aromatic heterocycles. The van der Waals surface area contributed by atoms with E-state index < -0.39 is 11.9 Å². The van der Waals surface area contributed by atoms with Crippen molar-refractivity contribution in [2.75, 3.05) is 14.2 Å². The summed E-state index contributed by atoms with van der Waals surface area (Å²) < 4.78 is 17.8. The van der Waals surface area contributed by atoms with Crippen LogP contribution in [0.25, 0.3) is 10.9 Å². The van der Waals surface area contributed by atoms with Gasteiger partial charge in [-0.2, -0.15) is 0 Å². The van der Waals surface area contributed by atoms with E-state index in [1.807, 2.05) is 0 Å². The molecule has 8 heteroatoms. The van der Waals surface area contributed by atoms with E-state index in [1.165, 1.54) is 38.6 Å². The van der Waals surface area contributed by atoms with E-state index >= 15 is 0 Å². The van der Waals surface area contributed by atoms with E-state index in [0.717, 1.165) is 11.1 Å². The number of aromatic nitrogens is 1. The first kappa shape index (κ1) is 19.2. The highest BCUT2D eigenvalue weighted by atomic mass is 19.1. The number of hydrazine groups is 1. The fourth-order valence-electron chi connectivity index (χ4n) is 2.89. The normalized spacial score (nSPS) is 10.7. The summed E-state index contributed by atoms with van der Waals surface area (Å²) in [4.78, 5) is 28.7. The number of nitrogens with zero attached hydrogens (tertiary/aromatic N) is 1. The van der Waals surface area contributed by atoms with Gasteiger partial charge in [0.1, 0.15) is 16.9 Å². The van der Waals surface area contributed by atoms with Crippen molar-refractivity contribution in [3.8, 4) is 5.75 Å². The number of phenolic OH excluding ortho intramolecular Hbond substituents is 1. The second-order valence-corrected chi connectivity index (χ2v) is 6.06. The molecule has 0 aliphatic carbocycles. The van der Waals surface area contributed by atoms with Gasteiger partial charge >= 0.3 is 5.97 Å². The van der Waals surface area contributed by atoms with Crippen molar-refractivity contribution in [1.82, 2.24) is 15.8 Å². The number of nitrogens with one attached hydrogen (secondary N) is 2. The molecule has 0 bridgehead atoms. The summed E-state index contributed by atoms with van der Waals surface area (Å²) in [5, 5.41) is 10.8. The second-order valence-electron chi connectivity index (χ2n) is 6.06. The first-order valence-corrected chi connectivity index (χ1v) is 8.39. The predicted molar refractivity (Wildman–Crippen MR) is 100 cm³/mol. The van der Waals surface area contributed by atoms with Gasteiger partial charge in [-0.3, -0.25) is 15.2 Å². The summed E-state index contributed by atoms with van der Waals surface area (Å²) in [6.07, 6.45) is 1.99. The molecule has 0 radical (unpaired) electrons. The van der Waals surface area contributed by atoms with Gasteiger partial charge in [0, 0.05) is 18.6 Å². The topological polar surface area (TPSA) is 101 Å². The molecule has 28 heavy (non-hydrogen) atoms. The van der Waals surface area contributed by atoms with Crippen LogP contribution in [0.4, 0.5) is 4.39 Å². The maximum absolute atomic E-state index is 13.1. The Balaban J connectivity index is 2.14. The highest BCUT2D eigenvalue weighted by molar-refractivity contribution is 6.11. The second kappa shape index (κ2) is 8.01. The number of carbonyl (C=O) groups is 2. The van der Waals surface area contributed by atoms with Gasteiger partial charge in [-0.1, -0.05) is 12.1 Å². The van der Waals surface area contributed by atoms with Crippen molar-refractivity contribution in [1.29, 1.82) is 0 Å². The molecule has 0 saturated carbocycles. The Kier molecular flexibility index (Phi) is 5.51. The molecule has 7 nitrogen and oxygen atoms in total. The third kappa shape index (κ3) is 3.77. The number of benzene rings is 2. The lowest BCUT2D eigenvalue weighted by atomic mass is 9.99. The van der Waals surface area contributed by atoms with Gasteiger partial charge in [-0.15, -0.1) is 0 Å². The molecule has 0 atom stereocenters. The van der Waals surface area contributed by atoms with Crippen molar-refractivity contribution in [3.05, 3.63) is 70.7 Å². The number of halogens is 1. The Bertz CT molecular complexity index is 1050. The van der Waals surface area contributed by atoms with Gasteiger partial charge in [0.15, 0.2) is 5.75 Å². The number of methoxy groups -OCH3 is 1. The number of phenols is 1. The highest BCUT2D eigenvalue weighted by Gasteiger charge is 2.22. The van der Waals surface area contributed by atoms with Crippen LogP contribution in [0.5, 0.6) is 5.75 Å². The van der Waals surface area contributed by atoms with Crippen molar-refractivity contribution in [3.63, 3.8) is 0 Å². The van der Waals surface area contributed by atoms with E-state index in [4.69, 9.17) is 0 Å². The van der Waals surface area contributed by atoms with Gasteiger partial charge < -0.3 is 9.84 Å². The van der Waals surface area contributed by atoms with Crippen molar-refractivity contribution in [2.45, 2.75) is 6.42 Å². The number of amides is 1. The molecule has 0 fully saturated rings. The average molecular weight is 383 g/mol. The van der Waals surface area contributed by atoms with E-state index in [2.05, 4.69) is 20.6 Å². The van der Waals surface area contributed by atoms with Crippen LogP contribution in [0.1, 0.15) is 31.8 Å². The Hall–Kier alpha value is -3.52. The van der Waals surface area contributed by atoms with Gasteiger partial charge in [-0.05, 0) is 41.8 Å². The zero-order chi connectivity index (χ0) is 20.3. The zero-order valence-corrected chi connectivity index (χ0v) is 15.2. The lowest BCUT2D eigenvalue weighted by Gasteiger charge is -2.13. The third-order valence-corrected chi connectivity index (χ3v) is 4.21. The lowest BCUT2D eigenvalue weighted by molar-refractivity contribution is 0.0597. The molecule has 0 spiro atoms. The van der Waals surface area contributed by atoms with Crippen LogP contribution in [-0.4, -0.2) is 36.1 Å². The number of aromatic hydroxyl groups is 1. The number of fused-ring (bicyclic) bond motifs is 1. The maximum Gasteiger partial charge on any atom is 0.341 e. The Morgan fingerprint density at radius 3 is 2.50 bits per heavy atom. The van der Waals surface area contributed by atoms with Crippen LogP contribution in [0.15, 0.2) is 42.6 Å². The number of hydrogen-bond donors (Lipinski definition) is 3. The minimum absolute atomic E-state index is 0.104. The molecule has 1 heterocycles. The summed E-state index contributed by atoms with van der Waals surface area (Å²) in [6.45, 7) is 0. The highest BCUT2D eigenvalue weighted by Crippen LogP contribution is 2.32. The Morgan fingerprint density at radius 1 is 1.14 bits per heavy atom. The quantitative estimate of drug-likeness (QED) is 0.462. The summed E-state index contributed by atoms with van der Waals surface area (Å²) in [6, 6.07) is 9.02. The van der Waals surface area contributed by atoms with Crippen LogP contribution >= 0.6 is 0 Å². The monoisotopic (exact) mass is 383 g/mol. The summed E-state index contributed by atoms with van der Waals surface area (Å²) >= 11 is 0. The summed E-state index contributed by atoms with van der Waals surface area (Å²) in [5.41, 5.74) is 6.68. The largest absolute Gasteiger partial charge is 0.505 e. The van der Waals surface area contributed by atoms with Crippen molar-refractivity contribution >= 4 is 22.8 Å². The Labute approximate surface area is 160 Å². The van der Waals surface area contributed by atoms with Crippen LogP contribution in [-0.2, 0) is 11.2 Å². The fourth-order valence-corrected chi connectivity index (χ4v) is 2.89. The minimum atomic E-state index is -0.782. The number of pyridine rings is 1. The maximum atomic E-state index is 13.1. The zero-order valence-electron chi connectivity index (χ0n) is 15.2. The molecule has 1 amide bonds. The molecule has 3 N–H and O–H groups in total. The number of rotatable bonds is 5. The van der Waals surface area contributed by atoms with E-state index in [0.29, 0.717) is 11.8 Å². The number of carbonyl (C=O) groups excluding carboxylic acids is 2. The smallest absolute Gasteiger partial charge is 0.341 e. The van der Waals surface area contributed by atoms with Crippen LogP contribution < -0.4 is 10.9 Å². The molecule has 0 aliphatic rings. The first-order chi connectivity index (χ1) is 13.4. The van der Waals surface area contributed by atoms with Crippen molar-refractivity contribution in [2.24, 2.45) is 0 Å². The van der Waals surface area contributed by atoms with E-state index in [1.54, 1.807) is 18.2 Å². The molecule has 0 saturated heterocycles. The van der Waals surface area contributed by atoms with Crippen LogP contribution in [0, 0.1) is 5.82 Å². The standard InChI is InChI=1S/C20H18FN3O4/c1-22-24-19(26)15-9-16(20(27)28-2)18(25)17-14(15)8-12(10-23-17)7-11-3-5-13(21)6-4-11/h3-6,8-10,22,25H,7H2,1-2H3,(H,24,26). The Morgan fingerprint density at radius 2 is 1.86 bits per heavy atom. The van der Waals surface area contributed by atoms with E-state index in [9.17, 15) is 19.1 Å². The number of hydrogen-bond acceptors (Lipinski definition) is 6. The van der Waals surface area contributed by atoms with Gasteiger partial charge in [0.2, 0.25) is 0 Å². The summed E-state index contributed by atoms with van der Waals surface area (Å²) in [7, 11) is 2.71. The molecular weight excluding hydrogens is 365 g/mol. The first-order valence-electron chi connectivity index (χ1n) is 8.39. The number of ether oxygens (including phenoxy) is 1. The SMILES string of the molecule is CNNC(=O)c1cc(C(=O)OC)c(O)c2ncc(Cc3ccc(F)cc3)cc12. The third-order valence-electron chi connectivity index (χ3n) is 4.21. The van der Waals surface area contributed by atoms with Crippen LogP contribution in [0.2, 0.25) is 0 Å². The molecule has 2 aromatic carbocycles. The van der Waals surface area contributed by atoms with E-state index in [-0.39, 0.29) is 28.2 Å². The van der Waals surface area contributed by atoms with Gasteiger partial charge in [-0.25, -0.2) is 14.6 Å². The molecule has 3 aromatic rings. The molecule has 0 aliphatic heterocycles. The molecule has 3 rings (SSSR count). The molecule has 0 unspecified atom stereocenters. The number of esters is 1. The predicted octanol–water partition coefficient (Wildman–Crippen LogP) is 2.32. The average Bonchev–Trinajstić information content (AvgIpc) is 2.69. The lowest BCUT2D eigenvalue weighted by Crippen LogP contribution is -2.34. The van der Waals surface area contributed by atoms with Gasteiger partial charge in [0.25, 0.3) is 5.91 Å². The minimum Gasteiger partial charge on any atom is -0.505 e. The van der Waals surface area contributed by atoms with Gasteiger partial charge in [0.05, 0.1) is 12.7 Å². The van der Waals surface area contributed by atoms with Crippen LogP contribution in [0.3, 0.4) is 0 Å². The van der Waals surface area contributed by atoms with Crippen molar-refractivity contribution < 1.29 is 23.8 Å². The fraction of sp³-hybridized carbons (Fsp3) is 0.150.